The van der Waals surface area contributed by atoms with Gasteiger partial charge in [0, 0.05) is 24.2 Å². The third-order valence-corrected chi connectivity index (χ3v) is 3.45. The van der Waals surface area contributed by atoms with Crippen LogP contribution in [0.2, 0.25) is 5.02 Å². The highest BCUT2D eigenvalue weighted by atomic mass is 35.5. The van der Waals surface area contributed by atoms with E-state index in [4.69, 9.17) is 22.1 Å². The topological polar surface area (TPSA) is 64.3 Å². The first-order chi connectivity index (χ1) is 9.38. The van der Waals surface area contributed by atoms with Crippen molar-refractivity contribution in [3.8, 4) is 0 Å². The van der Waals surface area contributed by atoms with E-state index in [9.17, 15) is 4.79 Å². The third-order valence-electron chi connectivity index (χ3n) is 3.08. The van der Waals surface area contributed by atoms with Crippen LogP contribution in [0, 0.1) is 0 Å². The Bertz CT molecular complexity index is 449. The average Bonchev–Trinajstić information content (AvgIpc) is 2.37. The van der Waals surface area contributed by atoms with Gasteiger partial charge in [-0.1, -0.05) is 29.8 Å². The van der Waals surface area contributed by atoms with Gasteiger partial charge in [0.05, 0.1) is 12.5 Å². The van der Waals surface area contributed by atoms with Gasteiger partial charge in [0.15, 0.2) is 0 Å². The largest absolute Gasteiger partial charge is 0.380 e. The smallest absolute Gasteiger partial charge is 0.223 e. The van der Waals surface area contributed by atoms with Crippen LogP contribution >= 0.6 is 24.0 Å². The maximum atomic E-state index is 12.0. The molecule has 0 aliphatic heterocycles. The van der Waals surface area contributed by atoms with Crippen molar-refractivity contribution in [3.63, 3.8) is 0 Å². The van der Waals surface area contributed by atoms with Crippen molar-refractivity contribution in [1.82, 2.24) is 5.32 Å². The SMILES string of the molecule is COC(CN)CC(=O)NC(C)(C)Cc1ccccc1Cl.Cl. The number of carbonyl (C=O) groups is 1. The minimum absolute atomic E-state index is 0. The van der Waals surface area contributed by atoms with Crippen LogP contribution in [0.5, 0.6) is 0 Å². The number of rotatable bonds is 7. The van der Waals surface area contributed by atoms with Crippen LogP contribution in [0.3, 0.4) is 0 Å². The van der Waals surface area contributed by atoms with Crippen LogP contribution in [0.25, 0.3) is 0 Å². The van der Waals surface area contributed by atoms with E-state index in [1.54, 1.807) is 7.11 Å². The summed E-state index contributed by atoms with van der Waals surface area (Å²) in [6.45, 7) is 4.27. The van der Waals surface area contributed by atoms with E-state index < -0.39 is 0 Å². The second kappa shape index (κ2) is 9.26. The molecule has 1 aromatic carbocycles. The molecule has 1 aromatic rings. The summed E-state index contributed by atoms with van der Waals surface area (Å²) >= 11 is 6.15. The Hall–Kier alpha value is -0.810. The summed E-state index contributed by atoms with van der Waals surface area (Å²) in [5.74, 6) is -0.0700. The second-order valence-electron chi connectivity index (χ2n) is 5.50. The first-order valence-electron chi connectivity index (χ1n) is 6.65. The normalized spacial score (nSPS) is 12.4. The van der Waals surface area contributed by atoms with Crippen LogP contribution in [-0.4, -0.2) is 31.2 Å². The quantitative estimate of drug-likeness (QED) is 0.805. The van der Waals surface area contributed by atoms with Gasteiger partial charge >= 0.3 is 0 Å². The van der Waals surface area contributed by atoms with Crippen LogP contribution in [0.1, 0.15) is 25.8 Å². The van der Waals surface area contributed by atoms with Crippen molar-refractivity contribution < 1.29 is 9.53 Å². The average molecular weight is 335 g/mol. The molecule has 0 aliphatic rings. The predicted octanol–water partition coefficient (Wildman–Crippen LogP) is 2.56. The summed E-state index contributed by atoms with van der Waals surface area (Å²) in [5, 5.41) is 3.71. The van der Waals surface area contributed by atoms with E-state index in [1.807, 2.05) is 38.1 Å². The minimum Gasteiger partial charge on any atom is -0.380 e. The number of methoxy groups -OCH3 is 1. The fourth-order valence-electron chi connectivity index (χ4n) is 2.06. The molecule has 1 amide bonds. The Morgan fingerprint density at radius 2 is 2.05 bits per heavy atom. The number of benzene rings is 1. The molecule has 0 radical (unpaired) electrons. The zero-order valence-corrected chi connectivity index (χ0v) is 14.3. The highest BCUT2D eigenvalue weighted by molar-refractivity contribution is 6.31. The molecule has 1 unspecified atom stereocenters. The molecule has 0 saturated carbocycles. The molecule has 120 valence electrons. The van der Waals surface area contributed by atoms with Crippen molar-refractivity contribution in [2.24, 2.45) is 5.73 Å². The molecule has 1 rings (SSSR count). The molecule has 0 saturated heterocycles. The van der Waals surface area contributed by atoms with Crippen molar-refractivity contribution >= 4 is 29.9 Å². The monoisotopic (exact) mass is 334 g/mol. The number of carbonyl (C=O) groups excluding carboxylic acids is 1. The summed E-state index contributed by atoms with van der Waals surface area (Å²) in [5.41, 5.74) is 6.15. The number of nitrogens with one attached hydrogen (secondary N) is 1. The van der Waals surface area contributed by atoms with E-state index in [1.165, 1.54) is 0 Å². The summed E-state index contributed by atoms with van der Waals surface area (Å²) in [6, 6.07) is 7.65. The summed E-state index contributed by atoms with van der Waals surface area (Å²) in [7, 11) is 1.56. The van der Waals surface area contributed by atoms with Gasteiger partial charge in [0.1, 0.15) is 0 Å². The maximum Gasteiger partial charge on any atom is 0.223 e. The molecule has 0 heterocycles. The molecule has 0 spiro atoms. The molecule has 6 heteroatoms. The Morgan fingerprint density at radius 1 is 1.43 bits per heavy atom. The van der Waals surface area contributed by atoms with E-state index in [-0.39, 0.29) is 36.4 Å². The van der Waals surface area contributed by atoms with E-state index in [0.29, 0.717) is 18.0 Å². The van der Waals surface area contributed by atoms with Crippen LogP contribution < -0.4 is 11.1 Å². The number of hydrogen-bond acceptors (Lipinski definition) is 3. The lowest BCUT2D eigenvalue weighted by Crippen LogP contribution is -2.46. The fourth-order valence-corrected chi connectivity index (χ4v) is 2.26. The Labute approximate surface area is 137 Å². The lowest BCUT2D eigenvalue weighted by Gasteiger charge is -2.27. The van der Waals surface area contributed by atoms with E-state index >= 15 is 0 Å². The fraction of sp³-hybridized carbons (Fsp3) is 0.533. The summed E-state index contributed by atoms with van der Waals surface area (Å²) in [6.07, 6.45) is 0.684. The number of halogens is 2. The lowest BCUT2D eigenvalue weighted by atomic mass is 9.94. The van der Waals surface area contributed by atoms with Gasteiger partial charge in [-0.15, -0.1) is 12.4 Å². The van der Waals surface area contributed by atoms with Crippen molar-refractivity contribution in [2.75, 3.05) is 13.7 Å². The molecule has 0 bridgehead atoms. The van der Waals surface area contributed by atoms with Crippen molar-refractivity contribution in [3.05, 3.63) is 34.9 Å². The standard InChI is InChI=1S/C15H23ClN2O2.ClH/c1-15(2,9-11-6-4-5-7-13(11)16)18-14(19)8-12(10-17)20-3;/h4-7,12H,8-10,17H2,1-3H3,(H,18,19);1H. The number of amides is 1. The second-order valence-corrected chi connectivity index (χ2v) is 5.90. The predicted molar refractivity (Wildman–Crippen MR) is 89.1 cm³/mol. The van der Waals surface area contributed by atoms with Gasteiger partial charge in [-0.05, 0) is 31.9 Å². The van der Waals surface area contributed by atoms with Crippen molar-refractivity contribution in [2.45, 2.75) is 38.3 Å². The number of hydrogen-bond donors (Lipinski definition) is 2. The molecular weight excluding hydrogens is 311 g/mol. The molecule has 21 heavy (non-hydrogen) atoms. The molecule has 3 N–H and O–H groups in total. The van der Waals surface area contributed by atoms with Crippen LogP contribution in [0.4, 0.5) is 0 Å². The zero-order chi connectivity index (χ0) is 15.2. The Balaban J connectivity index is 0.00000400. The molecule has 0 aromatic heterocycles. The first kappa shape index (κ1) is 20.2. The maximum absolute atomic E-state index is 12.0. The zero-order valence-electron chi connectivity index (χ0n) is 12.7. The third kappa shape index (κ3) is 7.14. The number of nitrogens with two attached hydrogens (primary N) is 1. The molecule has 0 aliphatic carbocycles. The van der Waals surface area contributed by atoms with Crippen LogP contribution in [-0.2, 0) is 16.0 Å². The number of ether oxygens (including phenoxy) is 1. The Morgan fingerprint density at radius 3 is 2.57 bits per heavy atom. The first-order valence-corrected chi connectivity index (χ1v) is 7.03. The van der Waals surface area contributed by atoms with E-state index in [0.717, 1.165) is 5.56 Å². The van der Waals surface area contributed by atoms with E-state index in [2.05, 4.69) is 5.32 Å². The van der Waals surface area contributed by atoms with Gasteiger partial charge in [0.25, 0.3) is 0 Å². The van der Waals surface area contributed by atoms with Gasteiger partial charge in [-0.2, -0.15) is 0 Å². The van der Waals surface area contributed by atoms with Crippen LogP contribution in [0.15, 0.2) is 24.3 Å². The van der Waals surface area contributed by atoms with Gasteiger partial charge < -0.3 is 15.8 Å². The Kier molecular flexibility index (Phi) is 8.90. The highest BCUT2D eigenvalue weighted by Gasteiger charge is 2.23. The molecular formula is C15H24Cl2N2O2. The summed E-state index contributed by atoms with van der Waals surface area (Å²) in [4.78, 5) is 12.0. The van der Waals surface area contributed by atoms with Gasteiger partial charge in [-0.25, -0.2) is 0 Å². The minimum atomic E-state index is -0.380. The molecule has 0 fully saturated rings. The molecule has 4 nitrogen and oxygen atoms in total. The van der Waals surface area contributed by atoms with Gasteiger partial charge in [0.2, 0.25) is 5.91 Å². The van der Waals surface area contributed by atoms with Gasteiger partial charge in [-0.3, -0.25) is 4.79 Å². The molecule has 1 atom stereocenters. The summed E-state index contributed by atoms with van der Waals surface area (Å²) < 4.78 is 5.12. The lowest BCUT2D eigenvalue weighted by molar-refractivity contribution is -0.124. The highest BCUT2D eigenvalue weighted by Crippen LogP contribution is 2.20. The van der Waals surface area contributed by atoms with Crippen molar-refractivity contribution in [1.29, 1.82) is 0 Å².